The first-order valence-corrected chi connectivity index (χ1v) is 10.3. The number of nitrogens with one attached hydrogen (secondary N) is 2. The fourth-order valence-electron chi connectivity index (χ4n) is 3.60. The Hall–Kier alpha value is -1.36. The third-order valence-electron chi connectivity index (χ3n) is 5.19. The maximum Gasteiger partial charge on any atom is 0.308 e. The lowest BCUT2D eigenvalue weighted by Crippen LogP contribution is -2.45. The number of hydrogen-bond acceptors (Lipinski definition) is 5. The smallest absolute Gasteiger partial charge is 0.308 e. The van der Waals surface area contributed by atoms with Gasteiger partial charge < -0.3 is 20.3 Å². The normalized spacial score (nSPS) is 20.7. The summed E-state index contributed by atoms with van der Waals surface area (Å²) >= 11 is 0. The number of guanidine groups is 1. The fraction of sp³-hybridized carbons (Fsp3) is 0.750. The molecule has 2 rings (SSSR count). The highest BCUT2D eigenvalue weighted by atomic mass is 127. The first-order chi connectivity index (χ1) is 13.4. The number of aryl methyl sites for hydroxylation is 1. The molecule has 1 aliphatic rings. The van der Waals surface area contributed by atoms with E-state index < -0.39 is 0 Å². The maximum atomic E-state index is 11.9. The van der Waals surface area contributed by atoms with E-state index in [1.807, 2.05) is 31.0 Å². The molecule has 1 fully saturated rings. The molecule has 1 saturated carbocycles. The zero-order valence-corrected chi connectivity index (χ0v) is 20.7. The highest BCUT2D eigenvalue weighted by Crippen LogP contribution is 2.25. The van der Waals surface area contributed by atoms with Crippen LogP contribution in [0.2, 0.25) is 0 Å². The fourth-order valence-corrected chi connectivity index (χ4v) is 3.60. The van der Waals surface area contributed by atoms with Crippen molar-refractivity contribution >= 4 is 35.9 Å². The van der Waals surface area contributed by atoms with Crippen molar-refractivity contribution in [1.82, 2.24) is 25.3 Å². The molecule has 1 unspecified atom stereocenters. The second kappa shape index (κ2) is 13.0. The number of carbonyl (C=O) groups is 1. The molecule has 29 heavy (non-hydrogen) atoms. The lowest BCUT2D eigenvalue weighted by Gasteiger charge is -2.29. The number of nitrogens with zero attached hydrogens (tertiary/aromatic N) is 4. The molecule has 1 aromatic rings. The summed E-state index contributed by atoms with van der Waals surface area (Å²) in [4.78, 5) is 18.9. The van der Waals surface area contributed by atoms with Gasteiger partial charge in [0.25, 0.3) is 0 Å². The van der Waals surface area contributed by atoms with Crippen molar-refractivity contribution in [2.24, 2.45) is 18.0 Å². The van der Waals surface area contributed by atoms with Gasteiger partial charge in [-0.3, -0.25) is 14.5 Å². The Balaban J connectivity index is 0.00000420. The van der Waals surface area contributed by atoms with Crippen molar-refractivity contribution < 1.29 is 9.53 Å². The van der Waals surface area contributed by atoms with E-state index in [0.717, 1.165) is 43.8 Å². The van der Waals surface area contributed by atoms with Crippen LogP contribution >= 0.6 is 24.0 Å². The molecule has 1 aliphatic carbocycles. The Morgan fingerprint density at radius 1 is 1.34 bits per heavy atom. The highest BCUT2D eigenvalue weighted by Gasteiger charge is 2.27. The average molecular weight is 520 g/mol. The van der Waals surface area contributed by atoms with Gasteiger partial charge in [-0.05, 0) is 53.6 Å². The number of ether oxygens (including phenoxy) is 1. The maximum absolute atomic E-state index is 11.9. The number of aliphatic imine (C=N–C) groups is 1. The SMILES string of the molecule is CCNC(=NCC(c1cnn(C)c1)N(C)C)NC1CCC(C(=O)OCC)CC1.I. The lowest BCUT2D eigenvalue weighted by molar-refractivity contribution is -0.149. The van der Waals surface area contributed by atoms with Crippen LogP contribution in [0, 0.1) is 5.92 Å². The minimum Gasteiger partial charge on any atom is -0.466 e. The van der Waals surface area contributed by atoms with E-state index in [9.17, 15) is 4.79 Å². The molecule has 9 heteroatoms. The Bertz CT molecular complexity index is 641. The van der Waals surface area contributed by atoms with Crippen LogP contribution in [-0.4, -0.2) is 66.4 Å². The lowest BCUT2D eigenvalue weighted by atomic mass is 9.86. The molecule has 0 aromatic carbocycles. The number of carbonyl (C=O) groups excluding carboxylic acids is 1. The van der Waals surface area contributed by atoms with Gasteiger partial charge in [-0.25, -0.2) is 0 Å². The van der Waals surface area contributed by atoms with Gasteiger partial charge in [0.15, 0.2) is 5.96 Å². The molecule has 0 spiro atoms. The number of halogens is 1. The molecule has 0 saturated heterocycles. The van der Waals surface area contributed by atoms with Crippen molar-refractivity contribution in [3.63, 3.8) is 0 Å². The van der Waals surface area contributed by atoms with Crippen molar-refractivity contribution in [2.45, 2.75) is 51.6 Å². The Morgan fingerprint density at radius 3 is 2.55 bits per heavy atom. The standard InChI is InChI=1S/C20H36N6O2.HI/c1-6-21-20(22-13-18(25(3)4)16-12-23-26(5)14-16)24-17-10-8-15(9-11-17)19(27)28-7-2;/h12,14-15,17-18H,6-11,13H2,1-5H3,(H2,21,22,24);1H. The summed E-state index contributed by atoms with van der Waals surface area (Å²) < 4.78 is 6.98. The Labute approximate surface area is 191 Å². The van der Waals surface area contributed by atoms with Crippen LogP contribution in [-0.2, 0) is 16.6 Å². The average Bonchev–Trinajstić information content (AvgIpc) is 3.08. The van der Waals surface area contributed by atoms with E-state index in [0.29, 0.717) is 19.2 Å². The summed E-state index contributed by atoms with van der Waals surface area (Å²) in [6.45, 7) is 5.84. The van der Waals surface area contributed by atoms with Crippen molar-refractivity contribution in [3.05, 3.63) is 18.0 Å². The van der Waals surface area contributed by atoms with E-state index in [4.69, 9.17) is 9.73 Å². The Morgan fingerprint density at radius 2 is 2.03 bits per heavy atom. The predicted octanol–water partition coefficient (Wildman–Crippen LogP) is 2.32. The van der Waals surface area contributed by atoms with Crippen LogP contribution in [0.4, 0.5) is 0 Å². The van der Waals surface area contributed by atoms with Gasteiger partial charge >= 0.3 is 5.97 Å². The Kier molecular flexibility index (Phi) is 11.6. The molecule has 0 radical (unpaired) electrons. The zero-order valence-electron chi connectivity index (χ0n) is 18.4. The van der Waals surface area contributed by atoms with Crippen LogP contribution in [0.5, 0.6) is 0 Å². The molecule has 1 heterocycles. The van der Waals surface area contributed by atoms with Crippen LogP contribution in [0.3, 0.4) is 0 Å². The zero-order chi connectivity index (χ0) is 20.5. The van der Waals surface area contributed by atoms with Gasteiger partial charge in [-0.15, -0.1) is 24.0 Å². The summed E-state index contributed by atoms with van der Waals surface area (Å²) in [7, 11) is 6.05. The van der Waals surface area contributed by atoms with Gasteiger partial charge in [0.2, 0.25) is 0 Å². The third kappa shape index (κ3) is 8.12. The number of hydrogen-bond donors (Lipinski definition) is 2. The van der Waals surface area contributed by atoms with Crippen molar-refractivity contribution in [2.75, 3.05) is 33.8 Å². The molecule has 0 bridgehead atoms. The molecule has 2 N–H and O–H groups in total. The molecule has 1 atom stereocenters. The van der Waals surface area contributed by atoms with Gasteiger partial charge in [0, 0.05) is 31.4 Å². The number of rotatable bonds is 8. The van der Waals surface area contributed by atoms with Crippen LogP contribution in [0.15, 0.2) is 17.4 Å². The topological polar surface area (TPSA) is 83.8 Å². The molecule has 0 aliphatic heterocycles. The minimum atomic E-state index is -0.0492. The summed E-state index contributed by atoms with van der Waals surface area (Å²) in [5.74, 6) is 0.825. The first kappa shape index (κ1) is 25.7. The van der Waals surface area contributed by atoms with E-state index in [1.54, 1.807) is 0 Å². The third-order valence-corrected chi connectivity index (χ3v) is 5.19. The molecule has 1 aromatic heterocycles. The largest absolute Gasteiger partial charge is 0.466 e. The summed E-state index contributed by atoms with van der Waals surface area (Å²) in [6, 6.07) is 0.503. The quantitative estimate of drug-likeness (QED) is 0.237. The van der Waals surface area contributed by atoms with Crippen LogP contribution < -0.4 is 10.6 Å². The van der Waals surface area contributed by atoms with E-state index in [-0.39, 0.29) is 41.9 Å². The number of likely N-dealkylation sites (N-methyl/N-ethyl adjacent to an activating group) is 1. The van der Waals surface area contributed by atoms with Crippen LogP contribution in [0.25, 0.3) is 0 Å². The van der Waals surface area contributed by atoms with Crippen molar-refractivity contribution in [3.8, 4) is 0 Å². The monoisotopic (exact) mass is 520 g/mol. The second-order valence-electron chi connectivity index (χ2n) is 7.59. The van der Waals surface area contributed by atoms with Crippen molar-refractivity contribution in [1.29, 1.82) is 0 Å². The highest BCUT2D eigenvalue weighted by molar-refractivity contribution is 14.0. The summed E-state index contributed by atoms with van der Waals surface area (Å²) in [5.41, 5.74) is 1.15. The molecular weight excluding hydrogens is 483 g/mol. The number of esters is 1. The summed E-state index contributed by atoms with van der Waals surface area (Å²) in [5, 5.41) is 11.2. The van der Waals surface area contributed by atoms with E-state index in [1.165, 1.54) is 0 Å². The molecule has 8 nitrogen and oxygen atoms in total. The minimum absolute atomic E-state index is 0. The first-order valence-electron chi connectivity index (χ1n) is 10.3. The molecule has 166 valence electrons. The van der Waals surface area contributed by atoms with Gasteiger partial charge in [0.05, 0.1) is 31.3 Å². The van der Waals surface area contributed by atoms with E-state index >= 15 is 0 Å². The van der Waals surface area contributed by atoms with Gasteiger partial charge in [-0.2, -0.15) is 5.10 Å². The molecule has 0 amide bonds. The molecular formula is C20H37IN6O2. The van der Waals surface area contributed by atoms with Gasteiger partial charge in [-0.1, -0.05) is 0 Å². The van der Waals surface area contributed by atoms with Gasteiger partial charge in [0.1, 0.15) is 0 Å². The van der Waals surface area contributed by atoms with Crippen LogP contribution in [0.1, 0.15) is 51.1 Å². The second-order valence-corrected chi connectivity index (χ2v) is 7.59. The predicted molar refractivity (Wildman–Crippen MR) is 127 cm³/mol. The summed E-state index contributed by atoms with van der Waals surface area (Å²) in [6.07, 6.45) is 7.58. The number of aromatic nitrogens is 2. The van der Waals surface area contributed by atoms with E-state index in [2.05, 4.69) is 41.7 Å².